The first-order chi connectivity index (χ1) is 13.1. The van der Waals surface area contributed by atoms with E-state index in [9.17, 15) is 9.59 Å². The fourth-order valence-corrected chi connectivity index (χ4v) is 3.11. The lowest BCUT2D eigenvalue weighted by atomic mass is 10.1. The molecule has 0 aliphatic carbocycles. The van der Waals surface area contributed by atoms with E-state index in [4.69, 9.17) is 21.1 Å². The van der Waals surface area contributed by atoms with Gasteiger partial charge in [-0.15, -0.1) is 0 Å². The lowest BCUT2D eigenvalue weighted by molar-refractivity contribution is -0.133. The lowest BCUT2D eigenvalue weighted by Crippen LogP contribution is -2.33. The number of rotatable bonds is 6. The molecule has 0 atom stereocenters. The maximum atomic E-state index is 12.5. The van der Waals surface area contributed by atoms with Crippen molar-refractivity contribution in [3.05, 3.63) is 58.6 Å². The molecule has 0 spiro atoms. The minimum Gasteiger partial charge on any atom is -0.483 e. The Morgan fingerprint density at radius 3 is 2.89 bits per heavy atom. The molecule has 0 radical (unpaired) electrons. The number of ether oxygens (including phenoxy) is 2. The van der Waals surface area contributed by atoms with Gasteiger partial charge in [-0.25, -0.2) is 0 Å². The summed E-state index contributed by atoms with van der Waals surface area (Å²) in [6.45, 7) is 1.61. The van der Waals surface area contributed by atoms with Gasteiger partial charge in [-0.05, 0) is 36.8 Å². The summed E-state index contributed by atoms with van der Waals surface area (Å²) in [4.78, 5) is 26.4. The number of fused-ring (bicyclic) bond motifs is 1. The van der Waals surface area contributed by atoms with Crippen LogP contribution in [0.4, 0.5) is 5.69 Å². The highest BCUT2D eigenvalue weighted by molar-refractivity contribution is 6.34. The summed E-state index contributed by atoms with van der Waals surface area (Å²) >= 11 is 6.08. The molecule has 1 aliphatic rings. The van der Waals surface area contributed by atoms with Crippen LogP contribution in [-0.4, -0.2) is 43.6 Å². The van der Waals surface area contributed by atoms with Crippen LogP contribution in [0.3, 0.4) is 0 Å². The molecule has 3 rings (SSSR count). The second-order valence-corrected chi connectivity index (χ2v) is 6.61. The number of nitrogens with zero attached hydrogens (tertiary/aromatic N) is 1. The summed E-state index contributed by atoms with van der Waals surface area (Å²) in [7, 11) is 1.64. The highest BCUT2D eigenvalue weighted by Gasteiger charge is 2.22. The second-order valence-electron chi connectivity index (χ2n) is 6.21. The van der Waals surface area contributed by atoms with Gasteiger partial charge in [-0.3, -0.25) is 9.59 Å². The van der Waals surface area contributed by atoms with E-state index in [0.29, 0.717) is 41.7 Å². The molecular weight excluding hydrogens is 368 g/mol. The van der Waals surface area contributed by atoms with E-state index in [1.165, 1.54) is 0 Å². The first kappa shape index (κ1) is 19.2. The molecule has 6 nitrogen and oxygen atoms in total. The van der Waals surface area contributed by atoms with Crippen LogP contribution in [0.2, 0.25) is 5.02 Å². The van der Waals surface area contributed by atoms with Crippen molar-refractivity contribution in [3.63, 3.8) is 0 Å². The van der Waals surface area contributed by atoms with Gasteiger partial charge >= 0.3 is 0 Å². The molecule has 27 heavy (non-hydrogen) atoms. The monoisotopic (exact) mass is 388 g/mol. The van der Waals surface area contributed by atoms with Crippen molar-refractivity contribution in [2.24, 2.45) is 0 Å². The molecule has 0 saturated heterocycles. The number of nitrogens with one attached hydrogen (secondary N) is 1. The van der Waals surface area contributed by atoms with Crippen LogP contribution in [0.15, 0.2) is 42.5 Å². The largest absolute Gasteiger partial charge is 0.483 e. The third-order valence-corrected chi connectivity index (χ3v) is 4.61. The summed E-state index contributed by atoms with van der Waals surface area (Å²) < 4.78 is 10.7. The quantitative estimate of drug-likeness (QED) is 0.770. The smallest absolute Gasteiger partial charge is 0.260 e. The van der Waals surface area contributed by atoms with E-state index >= 15 is 0 Å². The number of carbonyl (C=O) groups is 2. The molecule has 1 aliphatic heterocycles. The summed E-state index contributed by atoms with van der Waals surface area (Å²) in [5.74, 6) is 0.292. The normalized spacial score (nSPS) is 13.6. The average Bonchev–Trinajstić information content (AvgIpc) is 2.81. The highest BCUT2D eigenvalue weighted by atomic mass is 35.5. The summed E-state index contributed by atoms with van der Waals surface area (Å²) in [6, 6.07) is 12.2. The predicted octanol–water partition coefficient (Wildman–Crippen LogP) is 3.35. The molecule has 2 amide bonds. The van der Waals surface area contributed by atoms with Gasteiger partial charge in [0.2, 0.25) is 0 Å². The number of hydrogen-bond donors (Lipinski definition) is 1. The van der Waals surface area contributed by atoms with Crippen LogP contribution >= 0.6 is 11.6 Å². The van der Waals surface area contributed by atoms with Gasteiger partial charge in [0.1, 0.15) is 5.75 Å². The van der Waals surface area contributed by atoms with Crippen molar-refractivity contribution in [2.45, 2.75) is 13.0 Å². The van der Waals surface area contributed by atoms with Crippen molar-refractivity contribution in [1.82, 2.24) is 4.90 Å². The first-order valence-electron chi connectivity index (χ1n) is 8.67. The minimum absolute atomic E-state index is 0.00527. The molecule has 1 heterocycles. The Morgan fingerprint density at radius 2 is 2.11 bits per heavy atom. The van der Waals surface area contributed by atoms with Crippen LogP contribution in [0, 0.1) is 0 Å². The number of halogens is 1. The van der Waals surface area contributed by atoms with Crippen molar-refractivity contribution >= 4 is 29.1 Å². The van der Waals surface area contributed by atoms with Gasteiger partial charge in [-0.1, -0.05) is 23.7 Å². The van der Waals surface area contributed by atoms with E-state index in [1.54, 1.807) is 48.4 Å². The Morgan fingerprint density at radius 1 is 1.30 bits per heavy atom. The Bertz CT molecular complexity index is 840. The minimum atomic E-state index is -0.289. The summed E-state index contributed by atoms with van der Waals surface area (Å²) in [5.41, 5.74) is 1.87. The Labute approximate surface area is 163 Å². The predicted molar refractivity (Wildman–Crippen MR) is 103 cm³/mol. The van der Waals surface area contributed by atoms with E-state index < -0.39 is 0 Å². The standard InChI is InChI=1S/C20H21ClN2O4/c1-26-10-4-9-23-12-14-11-15(7-8-18(14)27-13-19(23)24)22-20(25)16-5-2-3-6-17(16)21/h2-3,5-8,11H,4,9-10,12-13H2,1H3,(H,22,25). The zero-order valence-electron chi connectivity index (χ0n) is 15.0. The van der Waals surface area contributed by atoms with Crippen molar-refractivity contribution < 1.29 is 19.1 Å². The number of benzene rings is 2. The van der Waals surface area contributed by atoms with Crippen LogP contribution in [-0.2, 0) is 16.1 Å². The van der Waals surface area contributed by atoms with Gasteiger partial charge in [0, 0.05) is 38.1 Å². The van der Waals surface area contributed by atoms with E-state index in [1.807, 2.05) is 6.07 Å². The molecule has 0 fully saturated rings. The number of carbonyl (C=O) groups excluding carboxylic acids is 2. The van der Waals surface area contributed by atoms with Gasteiger partial charge in [0.15, 0.2) is 6.61 Å². The molecule has 0 aromatic heterocycles. The fourth-order valence-electron chi connectivity index (χ4n) is 2.89. The molecule has 0 unspecified atom stereocenters. The number of methoxy groups -OCH3 is 1. The maximum Gasteiger partial charge on any atom is 0.260 e. The van der Waals surface area contributed by atoms with Crippen molar-refractivity contribution in [1.29, 1.82) is 0 Å². The van der Waals surface area contributed by atoms with Gasteiger partial charge in [0.05, 0.1) is 10.6 Å². The average molecular weight is 389 g/mol. The molecule has 2 aromatic rings. The van der Waals surface area contributed by atoms with E-state index in [0.717, 1.165) is 12.0 Å². The molecule has 142 valence electrons. The Balaban J connectivity index is 1.75. The highest BCUT2D eigenvalue weighted by Crippen LogP contribution is 2.27. The fraction of sp³-hybridized carbons (Fsp3) is 0.300. The Kier molecular flexibility index (Phi) is 6.32. The number of hydrogen-bond acceptors (Lipinski definition) is 4. The molecule has 2 aromatic carbocycles. The van der Waals surface area contributed by atoms with Gasteiger partial charge in [0.25, 0.3) is 11.8 Å². The molecule has 1 N–H and O–H groups in total. The topological polar surface area (TPSA) is 67.9 Å². The van der Waals surface area contributed by atoms with Gasteiger partial charge in [-0.2, -0.15) is 0 Å². The second kappa shape index (κ2) is 8.88. The van der Waals surface area contributed by atoms with Crippen LogP contribution in [0.5, 0.6) is 5.75 Å². The van der Waals surface area contributed by atoms with Crippen LogP contribution in [0.1, 0.15) is 22.3 Å². The summed E-state index contributed by atoms with van der Waals surface area (Å²) in [5, 5.41) is 3.24. The van der Waals surface area contributed by atoms with E-state index in [-0.39, 0.29) is 18.4 Å². The van der Waals surface area contributed by atoms with Crippen LogP contribution < -0.4 is 10.1 Å². The first-order valence-corrected chi connectivity index (χ1v) is 9.04. The molecule has 7 heteroatoms. The maximum absolute atomic E-state index is 12.5. The zero-order chi connectivity index (χ0) is 19.2. The zero-order valence-corrected chi connectivity index (χ0v) is 15.8. The SMILES string of the molecule is COCCCN1Cc2cc(NC(=O)c3ccccc3Cl)ccc2OCC1=O. The lowest BCUT2D eigenvalue weighted by Gasteiger charge is -2.20. The van der Waals surface area contributed by atoms with Crippen molar-refractivity contribution in [2.75, 3.05) is 32.2 Å². The number of amides is 2. The number of anilines is 1. The van der Waals surface area contributed by atoms with Crippen LogP contribution in [0.25, 0.3) is 0 Å². The molecule has 0 saturated carbocycles. The molecule has 0 bridgehead atoms. The third-order valence-electron chi connectivity index (χ3n) is 4.28. The van der Waals surface area contributed by atoms with E-state index in [2.05, 4.69) is 5.32 Å². The third kappa shape index (κ3) is 4.78. The molecular formula is C20H21ClN2O4. The van der Waals surface area contributed by atoms with Crippen molar-refractivity contribution in [3.8, 4) is 5.75 Å². The van der Waals surface area contributed by atoms with Gasteiger partial charge < -0.3 is 19.7 Å². The summed E-state index contributed by atoms with van der Waals surface area (Å²) in [6.07, 6.45) is 0.751. The Hall–Kier alpha value is -2.57.